The molecule has 0 aliphatic heterocycles. The highest BCUT2D eigenvalue weighted by Gasteiger charge is 2.22. The summed E-state index contributed by atoms with van der Waals surface area (Å²) in [5, 5.41) is 20.4. The number of aliphatic hydroxyl groups is 1. The van der Waals surface area contributed by atoms with E-state index in [2.05, 4.69) is 0 Å². The molecule has 0 saturated heterocycles. The highest BCUT2D eigenvalue weighted by Crippen LogP contribution is 2.31. The van der Waals surface area contributed by atoms with Gasteiger partial charge in [0.05, 0.1) is 10.4 Å². The monoisotopic (exact) mass is 270 g/mol. The van der Waals surface area contributed by atoms with Gasteiger partial charge in [0.25, 0.3) is 0 Å². The molecule has 1 atom stereocenters. The molecule has 0 aliphatic carbocycles. The van der Waals surface area contributed by atoms with E-state index in [1.165, 1.54) is 11.4 Å². The largest absolute Gasteiger partial charge is 0.478 e. The number of aromatic carboxylic acids is 1. The van der Waals surface area contributed by atoms with Crippen LogP contribution in [0.25, 0.3) is 0 Å². The van der Waals surface area contributed by atoms with Gasteiger partial charge in [-0.1, -0.05) is 6.07 Å². The molecule has 1 aromatic heterocycles. The zero-order chi connectivity index (χ0) is 13.3. The minimum Gasteiger partial charge on any atom is -0.478 e. The van der Waals surface area contributed by atoms with Gasteiger partial charge in [0.15, 0.2) is 0 Å². The van der Waals surface area contributed by atoms with Crippen molar-refractivity contribution >= 4 is 17.3 Å². The van der Waals surface area contributed by atoms with Crippen LogP contribution in [0.5, 0.6) is 0 Å². The van der Waals surface area contributed by atoms with Gasteiger partial charge >= 0.3 is 5.97 Å². The first-order valence-corrected chi connectivity index (χ1v) is 5.82. The number of carbonyl (C=O) groups is 1. The third-order valence-electron chi connectivity index (χ3n) is 2.43. The van der Waals surface area contributed by atoms with Crippen LogP contribution in [-0.2, 0) is 0 Å². The van der Waals surface area contributed by atoms with Gasteiger partial charge in [-0.15, -0.1) is 11.3 Å². The topological polar surface area (TPSA) is 57.5 Å². The van der Waals surface area contributed by atoms with Crippen molar-refractivity contribution in [3.63, 3.8) is 0 Å². The van der Waals surface area contributed by atoms with Crippen molar-refractivity contribution in [2.45, 2.75) is 6.10 Å². The Morgan fingerprint density at radius 1 is 1.28 bits per heavy atom. The summed E-state index contributed by atoms with van der Waals surface area (Å²) in [7, 11) is 0. The Hall–Kier alpha value is -1.79. The quantitative estimate of drug-likeness (QED) is 0.901. The molecule has 2 aromatic rings. The molecule has 2 rings (SSSR count). The van der Waals surface area contributed by atoms with E-state index in [9.17, 15) is 18.7 Å². The summed E-state index contributed by atoms with van der Waals surface area (Å²) in [4.78, 5) is 11.0. The summed E-state index contributed by atoms with van der Waals surface area (Å²) in [5.41, 5.74) is -0.238. The Labute approximate surface area is 105 Å². The predicted octanol–water partition coefficient (Wildman–Crippen LogP) is 2.81. The van der Waals surface area contributed by atoms with Crippen molar-refractivity contribution in [1.29, 1.82) is 0 Å². The maximum Gasteiger partial charge on any atom is 0.336 e. The molecule has 0 aliphatic rings. The Morgan fingerprint density at radius 3 is 2.61 bits per heavy atom. The van der Waals surface area contributed by atoms with Gasteiger partial charge in [-0.05, 0) is 17.5 Å². The van der Waals surface area contributed by atoms with Gasteiger partial charge < -0.3 is 10.2 Å². The zero-order valence-electron chi connectivity index (χ0n) is 8.93. The smallest absolute Gasteiger partial charge is 0.336 e. The molecule has 18 heavy (non-hydrogen) atoms. The number of aliphatic hydroxyl groups excluding tert-OH is 1. The van der Waals surface area contributed by atoms with Crippen LogP contribution in [0.1, 0.15) is 26.9 Å². The lowest BCUT2D eigenvalue weighted by atomic mass is 10.0. The van der Waals surface area contributed by atoms with Gasteiger partial charge in [-0.3, -0.25) is 0 Å². The lowest BCUT2D eigenvalue weighted by molar-refractivity contribution is 0.0692. The number of carboxylic acids is 1. The molecule has 94 valence electrons. The fraction of sp³-hybridized carbons (Fsp3) is 0.0833. The molecule has 0 amide bonds. The van der Waals surface area contributed by atoms with Gasteiger partial charge in [-0.2, -0.15) is 0 Å². The summed E-state index contributed by atoms with van der Waals surface area (Å²) in [6, 6.07) is 4.08. The van der Waals surface area contributed by atoms with Gasteiger partial charge in [-0.25, -0.2) is 13.6 Å². The summed E-state index contributed by atoms with van der Waals surface area (Å²) in [6.45, 7) is 0. The number of halogens is 2. The Kier molecular flexibility index (Phi) is 3.40. The minimum absolute atomic E-state index is 0.0868. The number of hydrogen-bond donors (Lipinski definition) is 2. The summed E-state index contributed by atoms with van der Waals surface area (Å²) in [5.74, 6) is -2.87. The fourth-order valence-electron chi connectivity index (χ4n) is 1.57. The zero-order valence-corrected chi connectivity index (χ0v) is 9.75. The normalized spacial score (nSPS) is 12.4. The SMILES string of the molecule is O=C(O)c1ccsc1C(O)c1ccc(F)cc1F. The predicted molar refractivity (Wildman–Crippen MR) is 61.7 cm³/mol. The lowest BCUT2D eigenvalue weighted by Gasteiger charge is -2.11. The minimum atomic E-state index is -1.42. The summed E-state index contributed by atoms with van der Waals surface area (Å²) in [6.07, 6.45) is -1.42. The van der Waals surface area contributed by atoms with Crippen molar-refractivity contribution in [2.24, 2.45) is 0 Å². The summed E-state index contributed by atoms with van der Waals surface area (Å²) >= 11 is 1.00. The van der Waals surface area contributed by atoms with E-state index in [1.54, 1.807) is 0 Å². The third-order valence-corrected chi connectivity index (χ3v) is 3.40. The maximum atomic E-state index is 13.5. The van der Waals surface area contributed by atoms with Crippen molar-refractivity contribution < 1.29 is 23.8 Å². The van der Waals surface area contributed by atoms with E-state index in [0.29, 0.717) is 6.07 Å². The molecule has 0 fully saturated rings. The first kappa shape index (κ1) is 12.7. The van der Waals surface area contributed by atoms with Crippen LogP contribution < -0.4 is 0 Å². The van der Waals surface area contributed by atoms with Crippen LogP contribution in [0.3, 0.4) is 0 Å². The standard InChI is InChI=1S/C12H8F2O3S/c13-6-1-2-7(9(14)5-6)10(15)11-8(12(16)17)3-4-18-11/h1-5,10,15H,(H,16,17). The molecule has 0 spiro atoms. The van der Waals surface area contributed by atoms with E-state index >= 15 is 0 Å². The van der Waals surface area contributed by atoms with Gasteiger partial charge in [0.1, 0.15) is 17.7 Å². The van der Waals surface area contributed by atoms with Gasteiger partial charge in [0, 0.05) is 11.6 Å². The van der Waals surface area contributed by atoms with Gasteiger partial charge in [0.2, 0.25) is 0 Å². The first-order chi connectivity index (χ1) is 8.50. The van der Waals surface area contributed by atoms with Crippen LogP contribution in [0.15, 0.2) is 29.6 Å². The molecule has 1 unspecified atom stereocenters. The molecule has 1 aromatic carbocycles. The second-order valence-electron chi connectivity index (χ2n) is 3.57. The van der Waals surface area contributed by atoms with Crippen molar-refractivity contribution in [1.82, 2.24) is 0 Å². The molecular weight excluding hydrogens is 262 g/mol. The Balaban J connectivity index is 2.44. The number of hydrogen-bond acceptors (Lipinski definition) is 3. The molecule has 3 nitrogen and oxygen atoms in total. The van der Waals surface area contributed by atoms with Crippen LogP contribution in [0, 0.1) is 11.6 Å². The molecular formula is C12H8F2O3S. The van der Waals surface area contributed by atoms with E-state index in [4.69, 9.17) is 5.11 Å². The van der Waals surface area contributed by atoms with E-state index in [-0.39, 0.29) is 16.0 Å². The lowest BCUT2D eigenvalue weighted by Crippen LogP contribution is -2.06. The number of rotatable bonds is 3. The molecule has 0 radical (unpaired) electrons. The van der Waals surface area contributed by atoms with Crippen LogP contribution in [0.2, 0.25) is 0 Å². The molecule has 1 heterocycles. The van der Waals surface area contributed by atoms with E-state index in [1.807, 2.05) is 0 Å². The van der Waals surface area contributed by atoms with Crippen molar-refractivity contribution in [2.75, 3.05) is 0 Å². The maximum absolute atomic E-state index is 13.5. The summed E-state index contributed by atoms with van der Waals surface area (Å²) < 4.78 is 26.2. The Bertz CT molecular complexity index is 595. The van der Waals surface area contributed by atoms with Crippen LogP contribution in [0.4, 0.5) is 8.78 Å². The molecule has 2 N–H and O–H groups in total. The van der Waals surface area contributed by atoms with E-state index < -0.39 is 23.7 Å². The second kappa shape index (κ2) is 4.83. The average molecular weight is 270 g/mol. The average Bonchev–Trinajstić information content (AvgIpc) is 2.77. The Morgan fingerprint density at radius 2 is 2.00 bits per heavy atom. The van der Waals surface area contributed by atoms with Crippen molar-refractivity contribution in [3.05, 3.63) is 57.3 Å². The van der Waals surface area contributed by atoms with Crippen molar-refractivity contribution in [3.8, 4) is 0 Å². The fourth-order valence-corrected chi connectivity index (χ4v) is 2.46. The third kappa shape index (κ3) is 2.25. The molecule has 0 bridgehead atoms. The molecule has 0 saturated carbocycles. The second-order valence-corrected chi connectivity index (χ2v) is 4.52. The number of thiophene rings is 1. The van der Waals surface area contributed by atoms with E-state index in [0.717, 1.165) is 23.5 Å². The highest BCUT2D eigenvalue weighted by molar-refractivity contribution is 7.10. The van der Waals surface area contributed by atoms with Crippen LogP contribution >= 0.6 is 11.3 Å². The number of carboxylic acid groups (broad SMARTS) is 1. The number of benzene rings is 1. The van der Waals surface area contributed by atoms with Crippen LogP contribution in [-0.4, -0.2) is 16.2 Å². The highest BCUT2D eigenvalue weighted by atomic mass is 32.1. The molecule has 6 heteroatoms. The first-order valence-electron chi connectivity index (χ1n) is 4.94.